The molecule has 2 saturated carbocycles. The van der Waals surface area contributed by atoms with Gasteiger partial charge in [0.05, 0.1) is 0 Å². The predicted molar refractivity (Wildman–Crippen MR) is 87.8 cm³/mol. The number of benzene rings is 1. The van der Waals surface area contributed by atoms with E-state index in [2.05, 4.69) is 10.1 Å². The molecule has 3 atom stereocenters. The van der Waals surface area contributed by atoms with E-state index in [0.717, 1.165) is 23.0 Å². The van der Waals surface area contributed by atoms with Crippen molar-refractivity contribution in [3.63, 3.8) is 0 Å². The highest BCUT2D eigenvalue weighted by Gasteiger charge is 2.40. The summed E-state index contributed by atoms with van der Waals surface area (Å²) in [4.78, 5) is 16.4. The second kappa shape index (κ2) is 6.38. The van der Waals surface area contributed by atoms with Gasteiger partial charge in [-0.1, -0.05) is 35.8 Å². The number of hydrogen-bond acceptors (Lipinski definition) is 5. The van der Waals surface area contributed by atoms with Crippen LogP contribution in [0.4, 0.5) is 0 Å². The molecule has 4 rings (SSSR count). The molecule has 24 heavy (non-hydrogen) atoms. The number of carbonyl (C=O) groups is 1. The Bertz CT molecular complexity index is 740. The van der Waals surface area contributed by atoms with Crippen LogP contribution in [0, 0.1) is 24.7 Å². The van der Waals surface area contributed by atoms with E-state index < -0.39 is 0 Å². The smallest absolute Gasteiger partial charge is 0.306 e. The Kier molecular flexibility index (Phi) is 4.08. The molecule has 5 heteroatoms. The van der Waals surface area contributed by atoms with Crippen molar-refractivity contribution >= 4 is 5.97 Å². The van der Waals surface area contributed by atoms with Crippen LogP contribution in [0.3, 0.4) is 0 Å². The summed E-state index contributed by atoms with van der Waals surface area (Å²) in [5, 5.41) is 3.98. The summed E-state index contributed by atoms with van der Waals surface area (Å²) >= 11 is 0. The number of aromatic nitrogens is 2. The van der Waals surface area contributed by atoms with E-state index in [0.29, 0.717) is 24.1 Å². The minimum atomic E-state index is -0.150. The number of esters is 1. The van der Waals surface area contributed by atoms with Gasteiger partial charge in [0.15, 0.2) is 6.61 Å². The molecule has 0 N–H and O–H groups in total. The van der Waals surface area contributed by atoms with Crippen molar-refractivity contribution in [1.82, 2.24) is 10.1 Å². The molecule has 2 aliphatic carbocycles. The van der Waals surface area contributed by atoms with Gasteiger partial charge in [-0.25, -0.2) is 0 Å². The normalized spacial score (nSPS) is 25.1. The quantitative estimate of drug-likeness (QED) is 0.779. The maximum atomic E-state index is 12.1. The molecule has 2 fully saturated rings. The molecule has 2 aromatic rings. The molecular weight excluding hydrogens is 304 g/mol. The molecule has 1 aromatic heterocycles. The van der Waals surface area contributed by atoms with Crippen LogP contribution in [0.1, 0.15) is 43.6 Å². The van der Waals surface area contributed by atoms with Crippen LogP contribution in [0.5, 0.6) is 0 Å². The first-order chi connectivity index (χ1) is 11.7. The molecule has 0 amide bonds. The van der Waals surface area contributed by atoms with Crippen LogP contribution in [-0.4, -0.2) is 16.1 Å². The zero-order valence-electron chi connectivity index (χ0n) is 13.9. The van der Waals surface area contributed by atoms with Gasteiger partial charge in [-0.3, -0.25) is 4.79 Å². The van der Waals surface area contributed by atoms with Crippen LogP contribution in [0.25, 0.3) is 11.4 Å². The van der Waals surface area contributed by atoms with Gasteiger partial charge >= 0.3 is 5.97 Å². The topological polar surface area (TPSA) is 65.2 Å². The molecule has 0 aliphatic heterocycles. The first-order valence-electron chi connectivity index (χ1n) is 8.73. The molecule has 5 nitrogen and oxygen atoms in total. The van der Waals surface area contributed by atoms with E-state index in [1.165, 1.54) is 25.7 Å². The highest BCUT2D eigenvalue weighted by Crippen LogP contribution is 2.49. The van der Waals surface area contributed by atoms with E-state index in [-0.39, 0.29) is 12.6 Å². The van der Waals surface area contributed by atoms with Crippen molar-refractivity contribution in [3.05, 3.63) is 35.7 Å². The molecule has 126 valence electrons. The Morgan fingerprint density at radius 3 is 2.92 bits per heavy atom. The van der Waals surface area contributed by atoms with Crippen molar-refractivity contribution in [2.45, 2.75) is 45.6 Å². The maximum absolute atomic E-state index is 12.1. The summed E-state index contributed by atoms with van der Waals surface area (Å²) in [5.74, 6) is 2.82. The number of aryl methyl sites for hydroxylation is 1. The number of ether oxygens (including phenoxy) is 1. The van der Waals surface area contributed by atoms with E-state index in [1.807, 2.05) is 31.2 Å². The average Bonchev–Trinajstić information content (AvgIpc) is 3.30. The molecule has 0 saturated heterocycles. The standard InChI is InChI=1S/C19H22N2O3/c1-12-4-2-3-5-16(12)19-20-17(24-21-19)11-23-18(22)10-15-9-13-6-7-14(15)8-13/h2-5,13-15H,6-11H2,1H3/t13-,14+,15-/m0/s1. The summed E-state index contributed by atoms with van der Waals surface area (Å²) in [6, 6.07) is 7.86. The summed E-state index contributed by atoms with van der Waals surface area (Å²) < 4.78 is 10.5. The highest BCUT2D eigenvalue weighted by molar-refractivity contribution is 5.69. The van der Waals surface area contributed by atoms with E-state index in [1.54, 1.807) is 0 Å². The average molecular weight is 326 g/mol. The fourth-order valence-electron chi connectivity index (χ4n) is 4.29. The molecule has 1 heterocycles. The van der Waals surface area contributed by atoms with Crippen LogP contribution >= 0.6 is 0 Å². The third-order valence-electron chi connectivity index (χ3n) is 5.52. The summed E-state index contributed by atoms with van der Waals surface area (Å²) in [5.41, 5.74) is 2.01. The molecule has 2 bridgehead atoms. The second-order valence-electron chi connectivity index (χ2n) is 7.13. The SMILES string of the molecule is Cc1ccccc1-c1noc(COC(=O)C[C@@H]2C[C@H]3CC[C@@H]2C3)n1. The minimum absolute atomic E-state index is 0.0541. The molecule has 2 aliphatic rings. The molecule has 0 radical (unpaired) electrons. The summed E-state index contributed by atoms with van der Waals surface area (Å²) in [6.07, 6.45) is 5.66. The van der Waals surface area contributed by atoms with Crippen LogP contribution < -0.4 is 0 Å². The Hall–Kier alpha value is -2.17. The Morgan fingerprint density at radius 2 is 2.17 bits per heavy atom. The van der Waals surface area contributed by atoms with Gasteiger partial charge in [0.25, 0.3) is 5.89 Å². The van der Waals surface area contributed by atoms with Gasteiger partial charge in [-0.15, -0.1) is 0 Å². The van der Waals surface area contributed by atoms with Gasteiger partial charge < -0.3 is 9.26 Å². The van der Waals surface area contributed by atoms with Crippen molar-refractivity contribution in [2.24, 2.45) is 17.8 Å². The molecule has 0 unspecified atom stereocenters. The van der Waals surface area contributed by atoms with Crippen molar-refractivity contribution in [1.29, 1.82) is 0 Å². The van der Waals surface area contributed by atoms with Crippen LogP contribution in [0.2, 0.25) is 0 Å². The zero-order chi connectivity index (χ0) is 16.5. The Balaban J connectivity index is 1.32. The van der Waals surface area contributed by atoms with Crippen LogP contribution in [-0.2, 0) is 16.1 Å². The first-order valence-corrected chi connectivity index (χ1v) is 8.73. The second-order valence-corrected chi connectivity index (χ2v) is 7.13. The zero-order valence-corrected chi connectivity index (χ0v) is 13.9. The number of hydrogen-bond donors (Lipinski definition) is 0. The molecular formula is C19H22N2O3. The first kappa shape index (κ1) is 15.4. The highest BCUT2D eigenvalue weighted by atomic mass is 16.6. The van der Waals surface area contributed by atoms with Gasteiger partial charge in [0, 0.05) is 12.0 Å². The van der Waals surface area contributed by atoms with E-state index >= 15 is 0 Å². The Labute approximate surface area is 141 Å². The monoisotopic (exact) mass is 326 g/mol. The van der Waals surface area contributed by atoms with Crippen molar-refractivity contribution in [2.75, 3.05) is 0 Å². The number of rotatable bonds is 5. The number of fused-ring (bicyclic) bond motifs is 2. The molecule has 0 spiro atoms. The van der Waals surface area contributed by atoms with E-state index in [9.17, 15) is 4.79 Å². The summed E-state index contributed by atoms with van der Waals surface area (Å²) in [6.45, 7) is 2.05. The van der Waals surface area contributed by atoms with Gasteiger partial charge in [0.2, 0.25) is 5.82 Å². The number of carbonyl (C=O) groups excluding carboxylic acids is 1. The minimum Gasteiger partial charge on any atom is -0.456 e. The third kappa shape index (κ3) is 3.07. The van der Waals surface area contributed by atoms with Gasteiger partial charge in [-0.05, 0) is 49.5 Å². The number of nitrogens with zero attached hydrogens (tertiary/aromatic N) is 2. The largest absolute Gasteiger partial charge is 0.456 e. The maximum Gasteiger partial charge on any atom is 0.306 e. The Morgan fingerprint density at radius 1 is 1.29 bits per heavy atom. The fourth-order valence-corrected chi connectivity index (χ4v) is 4.29. The third-order valence-corrected chi connectivity index (χ3v) is 5.52. The van der Waals surface area contributed by atoms with E-state index in [4.69, 9.17) is 9.26 Å². The lowest BCUT2D eigenvalue weighted by molar-refractivity contribution is -0.147. The lowest BCUT2D eigenvalue weighted by atomic mass is 9.86. The van der Waals surface area contributed by atoms with Gasteiger partial charge in [0.1, 0.15) is 0 Å². The fraction of sp³-hybridized carbons (Fsp3) is 0.526. The predicted octanol–water partition coefficient (Wildman–Crippen LogP) is 3.91. The lowest BCUT2D eigenvalue weighted by Crippen LogP contribution is -2.17. The molecule has 1 aromatic carbocycles. The summed E-state index contributed by atoms with van der Waals surface area (Å²) in [7, 11) is 0. The van der Waals surface area contributed by atoms with Crippen LogP contribution in [0.15, 0.2) is 28.8 Å². The van der Waals surface area contributed by atoms with Gasteiger partial charge in [-0.2, -0.15) is 4.98 Å². The van der Waals surface area contributed by atoms with Crippen molar-refractivity contribution in [3.8, 4) is 11.4 Å². The lowest BCUT2D eigenvalue weighted by Gasteiger charge is -2.20. The van der Waals surface area contributed by atoms with Crippen molar-refractivity contribution < 1.29 is 14.1 Å².